The van der Waals surface area contributed by atoms with Crippen molar-refractivity contribution >= 4 is 32.9 Å². The Bertz CT molecular complexity index is 797. The zero-order valence-corrected chi connectivity index (χ0v) is 13.8. The molecule has 0 saturated heterocycles. The molecule has 5 nitrogen and oxygen atoms in total. The highest BCUT2D eigenvalue weighted by Crippen LogP contribution is 2.28. The molecule has 3 aromatic rings. The number of thiazole rings is 1. The summed E-state index contributed by atoms with van der Waals surface area (Å²) in [5.41, 5.74) is 4.85. The summed E-state index contributed by atoms with van der Waals surface area (Å²) in [4.78, 5) is 4.47. The van der Waals surface area contributed by atoms with E-state index in [2.05, 4.69) is 15.5 Å². The van der Waals surface area contributed by atoms with Gasteiger partial charge in [-0.1, -0.05) is 23.5 Å². The Morgan fingerprint density at radius 3 is 2.87 bits per heavy atom. The summed E-state index contributed by atoms with van der Waals surface area (Å²) in [6.45, 7) is 2.54. The first kappa shape index (κ1) is 15.3. The minimum absolute atomic E-state index is 0.600. The van der Waals surface area contributed by atoms with E-state index in [0.717, 1.165) is 26.7 Å². The third-order valence-corrected chi connectivity index (χ3v) is 4.10. The Labute approximate surface area is 138 Å². The molecular formula is C17H17N3O2S. The first-order chi connectivity index (χ1) is 11.3. The van der Waals surface area contributed by atoms with E-state index in [1.165, 1.54) is 0 Å². The lowest BCUT2D eigenvalue weighted by atomic mass is 10.2. The van der Waals surface area contributed by atoms with Gasteiger partial charge in [-0.2, -0.15) is 5.10 Å². The van der Waals surface area contributed by atoms with Gasteiger partial charge in [0.05, 0.1) is 30.1 Å². The number of ether oxygens (including phenoxy) is 2. The van der Waals surface area contributed by atoms with Gasteiger partial charge in [0, 0.05) is 0 Å². The molecule has 0 saturated carbocycles. The third-order valence-electron chi connectivity index (χ3n) is 3.16. The minimum Gasteiger partial charge on any atom is -0.493 e. The second kappa shape index (κ2) is 7.11. The predicted molar refractivity (Wildman–Crippen MR) is 95.0 cm³/mol. The van der Waals surface area contributed by atoms with E-state index in [1.54, 1.807) is 24.7 Å². The van der Waals surface area contributed by atoms with Crippen molar-refractivity contribution in [1.82, 2.24) is 4.98 Å². The van der Waals surface area contributed by atoms with E-state index in [4.69, 9.17) is 9.47 Å². The Kier molecular flexibility index (Phi) is 4.73. The maximum absolute atomic E-state index is 5.50. The van der Waals surface area contributed by atoms with Gasteiger partial charge in [-0.05, 0) is 42.8 Å². The van der Waals surface area contributed by atoms with Crippen molar-refractivity contribution < 1.29 is 9.47 Å². The van der Waals surface area contributed by atoms with E-state index in [1.807, 2.05) is 49.4 Å². The maximum atomic E-state index is 5.50. The number of fused-ring (bicyclic) bond motifs is 1. The number of nitrogens with one attached hydrogen (secondary N) is 1. The van der Waals surface area contributed by atoms with Gasteiger partial charge in [-0.15, -0.1) is 0 Å². The maximum Gasteiger partial charge on any atom is 0.204 e. The molecule has 23 heavy (non-hydrogen) atoms. The highest BCUT2D eigenvalue weighted by atomic mass is 32.1. The molecule has 118 valence electrons. The molecule has 0 amide bonds. The van der Waals surface area contributed by atoms with Crippen molar-refractivity contribution in [2.75, 3.05) is 19.1 Å². The van der Waals surface area contributed by atoms with Crippen LogP contribution in [0.5, 0.6) is 11.5 Å². The van der Waals surface area contributed by atoms with Crippen LogP contribution in [-0.2, 0) is 0 Å². The van der Waals surface area contributed by atoms with Gasteiger partial charge in [-0.25, -0.2) is 4.98 Å². The summed E-state index contributed by atoms with van der Waals surface area (Å²) < 4.78 is 12.0. The molecular weight excluding hydrogens is 310 g/mol. The second-order valence-electron chi connectivity index (χ2n) is 4.70. The minimum atomic E-state index is 0.600. The molecule has 1 aromatic heterocycles. The van der Waals surface area contributed by atoms with Gasteiger partial charge < -0.3 is 9.47 Å². The van der Waals surface area contributed by atoms with Gasteiger partial charge >= 0.3 is 0 Å². The molecule has 0 aliphatic heterocycles. The molecule has 0 unspecified atom stereocenters. The Morgan fingerprint density at radius 1 is 1.22 bits per heavy atom. The van der Waals surface area contributed by atoms with Gasteiger partial charge in [0.15, 0.2) is 11.5 Å². The average Bonchev–Trinajstić information content (AvgIpc) is 2.99. The van der Waals surface area contributed by atoms with Crippen molar-refractivity contribution in [2.24, 2.45) is 5.10 Å². The smallest absolute Gasteiger partial charge is 0.204 e. The van der Waals surface area contributed by atoms with Crippen molar-refractivity contribution in [1.29, 1.82) is 0 Å². The number of para-hydroxylation sites is 1. The standard InChI is InChI=1S/C17H17N3O2S/c1-3-22-14-9-8-12(10-15(14)21-2)11-18-20-17-19-13-6-4-5-7-16(13)23-17/h4-11H,3H2,1-2H3,(H,19,20)/b18-11-. The molecule has 0 bridgehead atoms. The van der Waals surface area contributed by atoms with Crippen LogP contribution < -0.4 is 14.9 Å². The molecule has 1 N–H and O–H groups in total. The Morgan fingerprint density at radius 2 is 2.09 bits per heavy atom. The van der Waals surface area contributed by atoms with E-state index in [-0.39, 0.29) is 0 Å². The summed E-state index contributed by atoms with van der Waals surface area (Å²) in [6, 6.07) is 13.7. The topological polar surface area (TPSA) is 55.7 Å². The quantitative estimate of drug-likeness (QED) is 0.546. The SMILES string of the molecule is CCOc1ccc(/C=N\Nc2nc3ccccc3s2)cc1OC. The lowest BCUT2D eigenvalue weighted by Crippen LogP contribution is -1.96. The van der Waals surface area contributed by atoms with Crippen LogP contribution in [0.2, 0.25) is 0 Å². The number of hydrogen-bond acceptors (Lipinski definition) is 6. The number of benzene rings is 2. The van der Waals surface area contributed by atoms with Crippen LogP contribution in [0.25, 0.3) is 10.2 Å². The first-order valence-corrected chi connectivity index (χ1v) is 8.07. The lowest BCUT2D eigenvalue weighted by Gasteiger charge is -2.09. The van der Waals surface area contributed by atoms with Gasteiger partial charge in [-0.3, -0.25) is 5.43 Å². The fourth-order valence-corrected chi connectivity index (χ4v) is 2.94. The predicted octanol–water partition coefficient (Wildman–Crippen LogP) is 4.15. The second-order valence-corrected chi connectivity index (χ2v) is 5.73. The van der Waals surface area contributed by atoms with Crippen LogP contribution in [0.3, 0.4) is 0 Å². The summed E-state index contributed by atoms with van der Waals surface area (Å²) in [7, 11) is 1.62. The third kappa shape index (κ3) is 3.60. The lowest BCUT2D eigenvalue weighted by molar-refractivity contribution is 0.311. The molecule has 0 fully saturated rings. The van der Waals surface area contributed by atoms with Crippen molar-refractivity contribution in [2.45, 2.75) is 6.92 Å². The number of anilines is 1. The molecule has 0 radical (unpaired) electrons. The van der Waals surface area contributed by atoms with Crippen molar-refractivity contribution in [3.63, 3.8) is 0 Å². The van der Waals surface area contributed by atoms with Gasteiger partial charge in [0.2, 0.25) is 5.13 Å². The number of hydrogen-bond donors (Lipinski definition) is 1. The normalized spacial score (nSPS) is 11.0. The van der Waals surface area contributed by atoms with Gasteiger partial charge in [0.25, 0.3) is 0 Å². The van der Waals surface area contributed by atoms with Crippen molar-refractivity contribution in [3.8, 4) is 11.5 Å². The molecule has 0 aliphatic carbocycles. The molecule has 0 spiro atoms. The van der Waals surface area contributed by atoms with Crippen LogP contribution in [0.1, 0.15) is 12.5 Å². The van der Waals surface area contributed by atoms with E-state index in [9.17, 15) is 0 Å². The van der Waals surface area contributed by atoms with E-state index in [0.29, 0.717) is 12.4 Å². The zero-order chi connectivity index (χ0) is 16.1. The average molecular weight is 327 g/mol. The van der Waals surface area contributed by atoms with E-state index >= 15 is 0 Å². The highest BCUT2D eigenvalue weighted by Gasteiger charge is 2.04. The highest BCUT2D eigenvalue weighted by molar-refractivity contribution is 7.22. The largest absolute Gasteiger partial charge is 0.493 e. The summed E-state index contributed by atoms with van der Waals surface area (Å²) in [5, 5.41) is 5.00. The summed E-state index contributed by atoms with van der Waals surface area (Å²) in [5.74, 6) is 1.42. The molecule has 1 heterocycles. The summed E-state index contributed by atoms with van der Waals surface area (Å²) >= 11 is 1.57. The monoisotopic (exact) mass is 327 g/mol. The molecule has 6 heteroatoms. The van der Waals surface area contributed by atoms with Crippen molar-refractivity contribution in [3.05, 3.63) is 48.0 Å². The zero-order valence-electron chi connectivity index (χ0n) is 12.9. The number of hydrazone groups is 1. The Hall–Kier alpha value is -2.60. The molecule has 0 atom stereocenters. The van der Waals surface area contributed by atoms with Crippen LogP contribution in [0.15, 0.2) is 47.6 Å². The summed E-state index contributed by atoms with van der Waals surface area (Å²) in [6.07, 6.45) is 1.73. The number of aromatic nitrogens is 1. The fourth-order valence-electron chi connectivity index (χ4n) is 2.12. The van der Waals surface area contributed by atoms with Crippen LogP contribution in [0, 0.1) is 0 Å². The van der Waals surface area contributed by atoms with Crippen LogP contribution in [0.4, 0.5) is 5.13 Å². The molecule has 0 aliphatic rings. The number of rotatable bonds is 6. The fraction of sp³-hybridized carbons (Fsp3) is 0.176. The number of nitrogens with zero attached hydrogens (tertiary/aromatic N) is 2. The van der Waals surface area contributed by atoms with Crippen LogP contribution in [-0.4, -0.2) is 24.9 Å². The number of methoxy groups -OCH3 is 1. The molecule has 3 rings (SSSR count). The van der Waals surface area contributed by atoms with Gasteiger partial charge in [0.1, 0.15) is 0 Å². The Balaban J connectivity index is 1.72. The molecule has 2 aromatic carbocycles. The van der Waals surface area contributed by atoms with Crippen LogP contribution >= 0.6 is 11.3 Å². The first-order valence-electron chi connectivity index (χ1n) is 7.25. The van der Waals surface area contributed by atoms with E-state index < -0.39 is 0 Å².